The van der Waals surface area contributed by atoms with Gasteiger partial charge in [-0.15, -0.1) is 0 Å². The average Bonchev–Trinajstić information content (AvgIpc) is 0.722. The molecule has 6 heavy (non-hydrogen) atoms. The Hall–Kier alpha value is 0.840. The molecule has 0 aromatic rings. The number of rotatable bonds is 0. The van der Waals surface area contributed by atoms with Gasteiger partial charge in [-0.1, -0.05) is 3.89 Å². The van der Waals surface area contributed by atoms with Gasteiger partial charge in [0.25, 0.3) is 0 Å². The van der Waals surface area contributed by atoms with Gasteiger partial charge in [0.05, 0.1) is 0 Å². The minimum Gasteiger partial charge on any atom is -1.00 e. The molecule has 0 unspecified atom stereocenters. The van der Waals surface area contributed by atoms with Crippen molar-refractivity contribution in [2.45, 2.75) is 0 Å². The molecule has 0 aromatic carbocycles. The molecule has 0 saturated carbocycles. The molecule has 0 aliphatic carbocycles. The fourth-order valence-electron chi connectivity index (χ4n) is 0. The van der Waals surface area contributed by atoms with E-state index in [2.05, 4.69) is 0 Å². The maximum Gasteiger partial charge on any atom is 1.00 e. The van der Waals surface area contributed by atoms with Crippen LogP contribution in [-0.4, -0.2) is 13.0 Å². The van der Waals surface area contributed by atoms with Crippen LogP contribution in [0.5, 0.6) is 0 Å². The van der Waals surface area contributed by atoms with E-state index in [0.29, 0.717) is 0 Å². The summed E-state index contributed by atoms with van der Waals surface area (Å²) in [6, 6.07) is 0. The number of halogens is 1. The van der Waals surface area contributed by atoms with Gasteiger partial charge in [0.15, 0.2) is 0 Å². The predicted octanol–water partition coefficient (Wildman–Crippen LogP) is -3.12. The minimum atomic E-state index is -5.17. The first-order chi connectivity index (χ1) is 2.00. The minimum absolute atomic E-state index is 0. The maximum atomic E-state index is 10.2. The molecule has 0 spiro atoms. The van der Waals surface area contributed by atoms with Crippen molar-refractivity contribution in [2.24, 2.45) is 0 Å². The van der Waals surface area contributed by atoms with Crippen molar-refractivity contribution in [3.05, 3.63) is 0 Å². The zero-order valence-corrected chi connectivity index (χ0v) is 5.87. The first kappa shape index (κ1) is 9.96. The Morgan fingerprint density at radius 1 is 1.67 bits per heavy atom. The van der Waals surface area contributed by atoms with Crippen LogP contribution in [0.2, 0.25) is 0 Å². The van der Waals surface area contributed by atoms with Gasteiger partial charge < -0.3 is 1.43 Å². The molecule has 0 fully saturated rings. The van der Waals surface area contributed by atoms with Crippen molar-refractivity contribution < 1.29 is 47.8 Å². The van der Waals surface area contributed by atoms with E-state index >= 15 is 0 Å². The van der Waals surface area contributed by atoms with Crippen LogP contribution >= 0.6 is 0 Å². The molecule has 0 atom stereocenters. The molecule has 0 aliphatic rings. The van der Waals surface area contributed by atoms with Gasteiger partial charge in [0.1, 0.15) is 0 Å². The van der Waals surface area contributed by atoms with Crippen LogP contribution in [0, 0.1) is 0 Å². The Labute approximate surface area is 58.4 Å². The third-order valence-electron chi connectivity index (χ3n) is 0. The van der Waals surface area contributed by atoms with Gasteiger partial charge in [-0.05, 0) is 0 Å². The third-order valence-corrected chi connectivity index (χ3v) is 0. The Morgan fingerprint density at radius 3 is 1.67 bits per heavy atom. The van der Waals surface area contributed by atoms with Crippen LogP contribution in [0.3, 0.4) is 0 Å². The molecule has 1 N–H and O–H groups in total. The zero-order chi connectivity index (χ0) is 4.50. The van der Waals surface area contributed by atoms with Gasteiger partial charge in [0, 0.05) is 0 Å². The second kappa shape index (κ2) is 2.92. The monoisotopic (exact) mass is 124 g/mol. The first-order valence-electron chi connectivity index (χ1n) is 0.670. The van der Waals surface area contributed by atoms with E-state index in [1.54, 1.807) is 0 Å². The predicted molar refractivity (Wildman–Crippen MR) is 13.8 cm³/mol. The fourth-order valence-corrected chi connectivity index (χ4v) is 0. The normalized spacial score (nSPS) is 9.67. The van der Waals surface area contributed by atoms with Gasteiger partial charge in [-0.3, -0.25) is 4.55 Å². The fraction of sp³-hybridized carbons (Fsp3) is 0. The molecule has 34 valence electrons. The van der Waals surface area contributed by atoms with Crippen LogP contribution in [0.4, 0.5) is 3.89 Å². The summed E-state index contributed by atoms with van der Waals surface area (Å²) in [5.74, 6) is 0. The van der Waals surface area contributed by atoms with Gasteiger partial charge in [-0.25, -0.2) is 0 Å². The van der Waals surface area contributed by atoms with E-state index in [-0.39, 0.29) is 31.0 Å². The Balaban J connectivity index is -0.0000000800. The van der Waals surface area contributed by atoms with E-state index in [4.69, 9.17) is 13.0 Å². The number of hydrogen-bond acceptors (Lipinski definition) is 2. The molecular weight excluding hydrogens is 122 g/mol. The molecule has 0 aliphatic heterocycles. The summed E-state index contributed by atoms with van der Waals surface area (Å²) >= 11 is 0. The Morgan fingerprint density at radius 2 is 1.67 bits per heavy atom. The molecule has 6 heteroatoms. The van der Waals surface area contributed by atoms with E-state index in [9.17, 15) is 3.89 Å². The van der Waals surface area contributed by atoms with E-state index in [1.165, 1.54) is 0 Å². The van der Waals surface area contributed by atoms with Crippen LogP contribution < -0.4 is 29.6 Å². The molecular formula is H2FNaO3S. The summed E-state index contributed by atoms with van der Waals surface area (Å²) in [6.45, 7) is 0. The van der Waals surface area contributed by atoms with Crippen molar-refractivity contribution >= 4 is 10.5 Å². The zero-order valence-electron chi connectivity index (χ0n) is 4.05. The first-order valence-corrected chi connectivity index (χ1v) is 2.01. The topological polar surface area (TPSA) is 54.4 Å². The van der Waals surface area contributed by atoms with Crippen molar-refractivity contribution in [3.63, 3.8) is 0 Å². The van der Waals surface area contributed by atoms with Crippen molar-refractivity contribution in [1.82, 2.24) is 0 Å². The van der Waals surface area contributed by atoms with Crippen LogP contribution in [0.1, 0.15) is 1.43 Å². The largest absolute Gasteiger partial charge is 1.00 e. The summed E-state index contributed by atoms with van der Waals surface area (Å²) < 4.78 is 34.1. The standard InChI is InChI=1S/FHO3S.Na.H/c1-5(2,3)4;;/h(H,2,3,4);;/q;+1;-1. The molecule has 0 bridgehead atoms. The molecule has 3 nitrogen and oxygen atoms in total. The molecule has 0 saturated heterocycles. The van der Waals surface area contributed by atoms with E-state index in [0.717, 1.165) is 0 Å². The SMILES string of the molecule is O=S(=O)(O)F.[H-].[Na+]. The van der Waals surface area contributed by atoms with Gasteiger partial charge >= 0.3 is 40.1 Å². The van der Waals surface area contributed by atoms with Gasteiger partial charge in [-0.2, -0.15) is 8.42 Å². The van der Waals surface area contributed by atoms with Crippen LogP contribution in [-0.2, 0) is 10.5 Å². The van der Waals surface area contributed by atoms with E-state index in [1.807, 2.05) is 0 Å². The van der Waals surface area contributed by atoms with Crippen molar-refractivity contribution in [1.29, 1.82) is 0 Å². The smallest absolute Gasteiger partial charge is 1.00 e. The summed E-state index contributed by atoms with van der Waals surface area (Å²) in [5.41, 5.74) is 0. The molecule has 0 aromatic heterocycles. The van der Waals surface area contributed by atoms with Crippen LogP contribution in [0.25, 0.3) is 0 Å². The van der Waals surface area contributed by atoms with E-state index < -0.39 is 10.5 Å². The number of hydrogen-bond donors (Lipinski definition) is 1. The second-order valence-corrected chi connectivity index (χ2v) is 1.24. The van der Waals surface area contributed by atoms with Gasteiger partial charge in [0.2, 0.25) is 0 Å². The molecule has 0 radical (unpaired) electrons. The van der Waals surface area contributed by atoms with Crippen molar-refractivity contribution in [3.8, 4) is 0 Å². The van der Waals surface area contributed by atoms with Crippen LogP contribution in [0.15, 0.2) is 0 Å². The molecule has 0 amide bonds. The summed E-state index contributed by atoms with van der Waals surface area (Å²) in [6.07, 6.45) is 0. The summed E-state index contributed by atoms with van der Waals surface area (Å²) in [7, 11) is -5.17. The maximum absolute atomic E-state index is 10.2. The van der Waals surface area contributed by atoms with Crippen molar-refractivity contribution in [2.75, 3.05) is 0 Å². The molecule has 0 rings (SSSR count). The summed E-state index contributed by atoms with van der Waals surface area (Å²) in [4.78, 5) is 0. The third kappa shape index (κ3) is 101. The molecule has 0 heterocycles. The Bertz CT molecular complexity index is 98.1. The second-order valence-electron chi connectivity index (χ2n) is 0.412. The average molecular weight is 124 g/mol. The summed E-state index contributed by atoms with van der Waals surface area (Å²) in [5, 5.41) is 0. The quantitative estimate of drug-likeness (QED) is 0.211. The Kier molecular flexibility index (Phi) is 4.85.